The molecule has 4 rings (SSSR count). The van der Waals surface area contributed by atoms with Gasteiger partial charge in [-0.05, 0) is 48.9 Å². The van der Waals surface area contributed by atoms with Gasteiger partial charge in [0.15, 0.2) is 0 Å². The van der Waals surface area contributed by atoms with Crippen LogP contribution in [0.2, 0.25) is 0 Å². The second-order valence-corrected chi connectivity index (χ2v) is 5.98. The molecule has 3 aliphatic rings. The third-order valence-corrected chi connectivity index (χ3v) is 4.89. The van der Waals surface area contributed by atoms with Crippen LogP contribution in [0.1, 0.15) is 12.0 Å². The Hall–Kier alpha value is -2.10. The van der Waals surface area contributed by atoms with Crippen LogP contribution in [0.5, 0.6) is 5.75 Å². The van der Waals surface area contributed by atoms with Crippen molar-refractivity contribution in [2.45, 2.75) is 13.3 Å². The molecule has 0 spiro atoms. The van der Waals surface area contributed by atoms with Crippen LogP contribution in [0, 0.1) is 30.6 Å². The maximum atomic E-state index is 12.6. The molecule has 2 amide bonds. The summed E-state index contributed by atoms with van der Waals surface area (Å²) in [7, 11) is 0. The first-order valence-electron chi connectivity index (χ1n) is 6.93. The Bertz CT molecular complexity index is 634. The van der Waals surface area contributed by atoms with Gasteiger partial charge >= 0.3 is 0 Å². The minimum Gasteiger partial charge on any atom is -0.508 e. The van der Waals surface area contributed by atoms with Gasteiger partial charge in [-0.25, -0.2) is 4.90 Å². The monoisotopic (exact) mass is 269 g/mol. The molecule has 1 aromatic rings. The van der Waals surface area contributed by atoms with Gasteiger partial charge in [0.25, 0.3) is 0 Å². The second kappa shape index (κ2) is 3.72. The highest BCUT2D eigenvalue weighted by Gasteiger charge is 2.59. The minimum absolute atomic E-state index is 0.0781. The number of amides is 2. The van der Waals surface area contributed by atoms with E-state index in [4.69, 9.17) is 0 Å². The summed E-state index contributed by atoms with van der Waals surface area (Å²) in [6.07, 6.45) is 5.11. The zero-order valence-corrected chi connectivity index (χ0v) is 11.1. The number of nitrogens with zero attached hydrogens (tertiary/aromatic N) is 1. The topological polar surface area (TPSA) is 57.6 Å². The molecule has 2 fully saturated rings. The molecule has 1 saturated carbocycles. The van der Waals surface area contributed by atoms with E-state index in [0.29, 0.717) is 5.69 Å². The van der Waals surface area contributed by atoms with E-state index in [1.807, 2.05) is 0 Å². The molecule has 20 heavy (non-hydrogen) atoms. The minimum atomic E-state index is -0.175. The third-order valence-electron chi connectivity index (χ3n) is 4.89. The Morgan fingerprint density at radius 1 is 1.10 bits per heavy atom. The molecule has 4 heteroatoms. The smallest absolute Gasteiger partial charge is 0.238 e. The van der Waals surface area contributed by atoms with Crippen molar-refractivity contribution in [3.05, 3.63) is 35.9 Å². The summed E-state index contributed by atoms with van der Waals surface area (Å²) in [5.74, 6) is 0.0905. The van der Waals surface area contributed by atoms with Crippen molar-refractivity contribution in [2.75, 3.05) is 4.90 Å². The summed E-state index contributed by atoms with van der Waals surface area (Å²) in [5, 5.41) is 9.47. The lowest BCUT2D eigenvalue weighted by atomic mass is 9.85. The van der Waals surface area contributed by atoms with E-state index in [2.05, 4.69) is 12.2 Å². The fraction of sp³-hybridized carbons (Fsp3) is 0.375. The van der Waals surface area contributed by atoms with E-state index in [9.17, 15) is 14.7 Å². The lowest BCUT2D eigenvalue weighted by molar-refractivity contribution is -0.123. The van der Waals surface area contributed by atoms with E-state index < -0.39 is 0 Å². The molecule has 1 saturated heterocycles. The summed E-state index contributed by atoms with van der Waals surface area (Å²) in [6, 6.07) is 4.75. The number of imide groups is 1. The molecule has 4 nitrogen and oxygen atoms in total. The number of carbonyl (C=O) groups excluding carboxylic acids is 2. The number of benzene rings is 1. The molecule has 2 aliphatic carbocycles. The summed E-state index contributed by atoms with van der Waals surface area (Å²) in [6.45, 7) is 1.80. The molecule has 1 heterocycles. The Morgan fingerprint density at radius 2 is 1.70 bits per heavy atom. The number of hydrogen-bond acceptors (Lipinski definition) is 3. The van der Waals surface area contributed by atoms with Crippen LogP contribution >= 0.6 is 0 Å². The van der Waals surface area contributed by atoms with E-state index in [-0.39, 0.29) is 41.2 Å². The summed E-state index contributed by atoms with van der Waals surface area (Å²) in [4.78, 5) is 26.6. The standard InChI is InChI=1S/C16H15NO3/c1-8-6-11(18)4-5-12(8)17-15(19)13-9-2-3-10(7-9)14(13)16(17)20/h2-6,9-10,13-14,18H,7H2,1H3/t9-,10-,13+,14+/m0/s1. The van der Waals surface area contributed by atoms with Gasteiger partial charge in [-0.2, -0.15) is 0 Å². The van der Waals surface area contributed by atoms with Gasteiger partial charge in [-0.15, -0.1) is 0 Å². The maximum absolute atomic E-state index is 12.6. The van der Waals surface area contributed by atoms with Crippen molar-refractivity contribution in [1.29, 1.82) is 0 Å². The second-order valence-electron chi connectivity index (χ2n) is 5.98. The number of aromatic hydroxyl groups is 1. The van der Waals surface area contributed by atoms with Crippen molar-refractivity contribution in [3.63, 3.8) is 0 Å². The molecular weight excluding hydrogens is 254 g/mol. The SMILES string of the molecule is Cc1cc(O)ccc1N1C(=O)[C@H]2[C@H](C1=O)[C@H]1C=C[C@H]2C1. The molecule has 0 aromatic heterocycles. The summed E-state index contributed by atoms with van der Waals surface area (Å²) < 4.78 is 0. The predicted octanol–water partition coefficient (Wildman–Crippen LogP) is 2.01. The molecule has 4 atom stereocenters. The average molecular weight is 269 g/mol. The molecule has 2 bridgehead atoms. The van der Waals surface area contributed by atoms with Gasteiger partial charge < -0.3 is 5.11 Å². The fourth-order valence-corrected chi connectivity index (χ4v) is 4.03. The number of allylic oxidation sites excluding steroid dienone is 2. The molecule has 1 aliphatic heterocycles. The van der Waals surface area contributed by atoms with Crippen LogP contribution in [0.4, 0.5) is 5.69 Å². The third kappa shape index (κ3) is 1.31. The van der Waals surface area contributed by atoms with Crippen molar-refractivity contribution in [3.8, 4) is 5.75 Å². The number of phenols is 1. The van der Waals surface area contributed by atoms with Gasteiger partial charge in [0.1, 0.15) is 5.75 Å². The fourth-order valence-electron chi connectivity index (χ4n) is 4.03. The Labute approximate surface area is 116 Å². The number of rotatable bonds is 1. The van der Waals surface area contributed by atoms with Crippen molar-refractivity contribution >= 4 is 17.5 Å². The van der Waals surface area contributed by atoms with Crippen LogP contribution in [-0.4, -0.2) is 16.9 Å². The molecule has 1 aromatic carbocycles. The van der Waals surface area contributed by atoms with Crippen LogP contribution in [-0.2, 0) is 9.59 Å². The lowest BCUT2D eigenvalue weighted by Gasteiger charge is -2.19. The number of carbonyl (C=O) groups is 2. The lowest BCUT2D eigenvalue weighted by Crippen LogP contribution is -2.33. The highest BCUT2D eigenvalue weighted by molar-refractivity contribution is 6.23. The average Bonchev–Trinajstić information content (AvgIpc) is 3.06. The van der Waals surface area contributed by atoms with E-state index >= 15 is 0 Å². The van der Waals surface area contributed by atoms with Crippen LogP contribution in [0.3, 0.4) is 0 Å². The Morgan fingerprint density at radius 3 is 2.25 bits per heavy atom. The summed E-state index contributed by atoms with van der Waals surface area (Å²) >= 11 is 0. The van der Waals surface area contributed by atoms with Gasteiger partial charge in [0.2, 0.25) is 11.8 Å². The number of fused-ring (bicyclic) bond motifs is 5. The Balaban J connectivity index is 1.78. The van der Waals surface area contributed by atoms with E-state index in [0.717, 1.165) is 12.0 Å². The quantitative estimate of drug-likeness (QED) is 0.626. The molecule has 1 N–H and O–H groups in total. The van der Waals surface area contributed by atoms with Gasteiger partial charge in [-0.1, -0.05) is 12.2 Å². The maximum Gasteiger partial charge on any atom is 0.238 e. The number of aryl methyl sites for hydroxylation is 1. The summed E-state index contributed by atoms with van der Waals surface area (Å²) in [5.41, 5.74) is 1.35. The zero-order chi connectivity index (χ0) is 14.0. The highest BCUT2D eigenvalue weighted by atomic mass is 16.3. The van der Waals surface area contributed by atoms with Crippen molar-refractivity contribution < 1.29 is 14.7 Å². The number of hydrogen-bond donors (Lipinski definition) is 1. The number of phenolic OH excluding ortho intramolecular Hbond substituents is 1. The van der Waals surface area contributed by atoms with Crippen molar-refractivity contribution in [2.24, 2.45) is 23.7 Å². The molecule has 102 valence electrons. The van der Waals surface area contributed by atoms with Gasteiger partial charge in [-0.3, -0.25) is 9.59 Å². The van der Waals surface area contributed by atoms with Crippen LogP contribution in [0.25, 0.3) is 0 Å². The first-order valence-corrected chi connectivity index (χ1v) is 6.93. The molecule has 0 radical (unpaired) electrons. The van der Waals surface area contributed by atoms with Crippen LogP contribution in [0.15, 0.2) is 30.4 Å². The van der Waals surface area contributed by atoms with Crippen molar-refractivity contribution in [1.82, 2.24) is 0 Å². The predicted molar refractivity (Wildman–Crippen MR) is 73.1 cm³/mol. The largest absolute Gasteiger partial charge is 0.508 e. The highest BCUT2D eigenvalue weighted by Crippen LogP contribution is 2.53. The zero-order valence-electron chi connectivity index (χ0n) is 11.1. The van der Waals surface area contributed by atoms with E-state index in [1.165, 1.54) is 11.0 Å². The van der Waals surface area contributed by atoms with Gasteiger partial charge in [0, 0.05) is 0 Å². The Kier molecular flexibility index (Phi) is 2.18. The molecular formula is C16H15NO3. The van der Waals surface area contributed by atoms with E-state index in [1.54, 1.807) is 19.1 Å². The molecule has 0 unspecified atom stereocenters. The first kappa shape index (κ1) is 11.7. The van der Waals surface area contributed by atoms with Crippen LogP contribution < -0.4 is 4.90 Å². The van der Waals surface area contributed by atoms with Gasteiger partial charge in [0.05, 0.1) is 17.5 Å². The normalized spacial score (nSPS) is 34.1. The first-order chi connectivity index (χ1) is 9.58. The number of anilines is 1.